The van der Waals surface area contributed by atoms with Crippen LogP contribution in [0.3, 0.4) is 0 Å². The van der Waals surface area contributed by atoms with Gasteiger partial charge in [-0.1, -0.05) is 37.6 Å². The molecule has 0 bridgehead atoms. The third kappa shape index (κ3) is 3.97. The summed E-state index contributed by atoms with van der Waals surface area (Å²) in [4.78, 5) is 16.2. The average Bonchev–Trinajstić information content (AvgIpc) is 3.00. The number of amides is 1. The molecule has 2 N–H and O–H groups in total. The number of nitrogens with one attached hydrogen (secondary N) is 2. The molecule has 0 atom stereocenters. The molecule has 0 aliphatic heterocycles. The average molecular weight is 374 g/mol. The summed E-state index contributed by atoms with van der Waals surface area (Å²) in [5.74, 6) is 0.123. The van der Waals surface area contributed by atoms with Gasteiger partial charge in [0.15, 0.2) is 10.7 Å². The summed E-state index contributed by atoms with van der Waals surface area (Å²) >= 11 is 11.5. The van der Waals surface area contributed by atoms with Crippen LogP contribution in [0, 0.1) is 5.92 Å². The van der Waals surface area contributed by atoms with Gasteiger partial charge in [0, 0.05) is 11.6 Å². The Bertz CT molecular complexity index is 919. The summed E-state index contributed by atoms with van der Waals surface area (Å²) in [7, 11) is 0. The van der Waals surface area contributed by atoms with Crippen LogP contribution >= 0.6 is 23.8 Å². The topological polar surface area (TPSA) is 67.2 Å². The lowest BCUT2D eigenvalue weighted by molar-refractivity contribution is -0.122. The van der Waals surface area contributed by atoms with E-state index < -0.39 is 0 Å². The van der Waals surface area contributed by atoms with E-state index in [9.17, 15) is 4.79 Å². The van der Waals surface area contributed by atoms with E-state index in [2.05, 4.69) is 15.6 Å². The maximum atomic E-state index is 11.7. The van der Waals surface area contributed by atoms with E-state index in [1.165, 1.54) is 0 Å². The normalized spacial score (nSPS) is 10.9. The highest BCUT2D eigenvalue weighted by Gasteiger charge is 2.14. The summed E-state index contributed by atoms with van der Waals surface area (Å²) in [6, 6.07) is 12.8. The first kappa shape index (κ1) is 17.4. The summed E-state index contributed by atoms with van der Waals surface area (Å²) < 4.78 is 5.76. The van der Waals surface area contributed by atoms with Crippen LogP contribution in [0.5, 0.6) is 0 Å². The number of carbonyl (C=O) groups is 1. The number of carbonyl (C=O) groups excluding carboxylic acids is 1. The predicted octanol–water partition coefficient (Wildman–Crippen LogP) is 4.62. The second kappa shape index (κ2) is 7.21. The van der Waals surface area contributed by atoms with Gasteiger partial charge in [0.1, 0.15) is 5.52 Å². The fourth-order valence-electron chi connectivity index (χ4n) is 2.17. The van der Waals surface area contributed by atoms with Crippen molar-refractivity contribution in [3.8, 4) is 11.5 Å². The first-order chi connectivity index (χ1) is 11.9. The van der Waals surface area contributed by atoms with Gasteiger partial charge in [0.25, 0.3) is 0 Å². The lowest BCUT2D eigenvalue weighted by Crippen LogP contribution is -2.36. The van der Waals surface area contributed by atoms with E-state index in [0.29, 0.717) is 27.7 Å². The Morgan fingerprint density at radius 2 is 2.00 bits per heavy atom. The van der Waals surface area contributed by atoms with Crippen molar-refractivity contribution in [1.82, 2.24) is 10.3 Å². The highest BCUT2D eigenvalue weighted by Crippen LogP contribution is 2.32. The zero-order valence-corrected chi connectivity index (χ0v) is 15.2. The number of nitrogens with zero attached hydrogens (tertiary/aromatic N) is 1. The number of hydrogen-bond donors (Lipinski definition) is 2. The molecule has 128 valence electrons. The van der Waals surface area contributed by atoms with Crippen LogP contribution in [0.2, 0.25) is 5.02 Å². The van der Waals surface area contributed by atoms with Crippen LogP contribution in [0.25, 0.3) is 22.6 Å². The molecule has 3 aromatic rings. The largest absolute Gasteiger partial charge is 0.436 e. The lowest BCUT2D eigenvalue weighted by atomic mass is 10.2. The van der Waals surface area contributed by atoms with E-state index in [-0.39, 0.29) is 16.9 Å². The first-order valence-electron chi connectivity index (χ1n) is 7.71. The van der Waals surface area contributed by atoms with Crippen LogP contribution in [-0.4, -0.2) is 16.0 Å². The molecule has 0 saturated carbocycles. The maximum absolute atomic E-state index is 11.7. The minimum absolute atomic E-state index is 0.148. The third-order valence-electron chi connectivity index (χ3n) is 3.51. The number of para-hydroxylation sites is 2. The van der Waals surface area contributed by atoms with Gasteiger partial charge in [-0.25, -0.2) is 4.98 Å². The quantitative estimate of drug-likeness (QED) is 0.656. The second-order valence-corrected chi connectivity index (χ2v) is 6.59. The van der Waals surface area contributed by atoms with Gasteiger partial charge in [0.2, 0.25) is 11.8 Å². The Labute approximate surface area is 155 Å². The van der Waals surface area contributed by atoms with Gasteiger partial charge in [-0.05, 0) is 42.5 Å². The fraction of sp³-hybridized carbons (Fsp3) is 0.167. The van der Waals surface area contributed by atoms with E-state index in [0.717, 1.165) is 5.52 Å². The van der Waals surface area contributed by atoms with E-state index >= 15 is 0 Å². The minimum atomic E-state index is -0.153. The first-order valence-corrected chi connectivity index (χ1v) is 8.50. The summed E-state index contributed by atoms with van der Waals surface area (Å²) in [6.07, 6.45) is 0. The number of benzene rings is 2. The number of anilines is 1. The zero-order chi connectivity index (χ0) is 18.0. The van der Waals surface area contributed by atoms with Crippen LogP contribution < -0.4 is 10.6 Å². The van der Waals surface area contributed by atoms with Crippen molar-refractivity contribution in [2.24, 2.45) is 5.92 Å². The minimum Gasteiger partial charge on any atom is -0.436 e. The van der Waals surface area contributed by atoms with Crippen LogP contribution in [0.4, 0.5) is 5.69 Å². The Kier molecular flexibility index (Phi) is 5.01. The van der Waals surface area contributed by atoms with Crippen molar-refractivity contribution in [1.29, 1.82) is 0 Å². The van der Waals surface area contributed by atoms with Gasteiger partial charge in [0.05, 0.1) is 10.6 Å². The van der Waals surface area contributed by atoms with Gasteiger partial charge >= 0.3 is 0 Å². The van der Waals surface area contributed by atoms with Crippen LogP contribution in [-0.2, 0) is 4.79 Å². The third-order valence-corrected chi connectivity index (χ3v) is 4.04. The molecule has 0 radical (unpaired) electrons. The van der Waals surface area contributed by atoms with Crippen LogP contribution in [0.1, 0.15) is 13.8 Å². The van der Waals surface area contributed by atoms with Gasteiger partial charge in [-0.2, -0.15) is 0 Å². The number of oxazole rings is 1. The van der Waals surface area contributed by atoms with Gasteiger partial charge in [-0.3, -0.25) is 4.79 Å². The summed E-state index contributed by atoms with van der Waals surface area (Å²) in [6.45, 7) is 3.59. The SMILES string of the molecule is CC(C)C(=O)NC(=S)Nc1ccc(Cl)c(-c2nc3ccccc3o2)c1. The fourth-order valence-corrected chi connectivity index (χ4v) is 2.59. The standard InChI is InChI=1S/C18H16ClN3O2S/c1-10(2)16(23)22-18(25)20-11-7-8-13(19)12(9-11)17-21-14-5-3-4-6-15(14)24-17/h3-10H,1-2H3,(H2,20,22,23,25). The van der Waals surface area contributed by atoms with E-state index in [1.54, 1.807) is 32.0 Å². The van der Waals surface area contributed by atoms with E-state index in [1.807, 2.05) is 24.3 Å². The number of thiocarbonyl (C=S) groups is 1. The molecule has 3 rings (SSSR count). The van der Waals surface area contributed by atoms with Crippen molar-refractivity contribution < 1.29 is 9.21 Å². The highest BCUT2D eigenvalue weighted by molar-refractivity contribution is 7.80. The molecule has 0 spiro atoms. The number of fused-ring (bicyclic) bond motifs is 1. The van der Waals surface area contributed by atoms with Crippen molar-refractivity contribution in [2.45, 2.75) is 13.8 Å². The number of hydrogen-bond acceptors (Lipinski definition) is 4. The van der Waals surface area contributed by atoms with Crippen molar-refractivity contribution in [3.05, 3.63) is 47.5 Å². The highest BCUT2D eigenvalue weighted by atomic mass is 35.5. The molecule has 25 heavy (non-hydrogen) atoms. The monoisotopic (exact) mass is 373 g/mol. The zero-order valence-electron chi connectivity index (χ0n) is 13.7. The number of rotatable bonds is 3. The molecule has 5 nitrogen and oxygen atoms in total. The molecule has 1 aromatic heterocycles. The van der Waals surface area contributed by atoms with Crippen molar-refractivity contribution >= 4 is 51.6 Å². The van der Waals surface area contributed by atoms with Crippen LogP contribution in [0.15, 0.2) is 46.9 Å². The Balaban J connectivity index is 1.85. The smallest absolute Gasteiger partial charge is 0.228 e. The second-order valence-electron chi connectivity index (χ2n) is 5.78. The molecule has 2 aromatic carbocycles. The molecular weight excluding hydrogens is 358 g/mol. The van der Waals surface area contributed by atoms with Gasteiger partial charge < -0.3 is 15.1 Å². The summed E-state index contributed by atoms with van der Waals surface area (Å²) in [5, 5.41) is 6.34. The molecule has 1 amide bonds. The molecule has 0 unspecified atom stereocenters. The van der Waals surface area contributed by atoms with Crippen molar-refractivity contribution in [3.63, 3.8) is 0 Å². The number of aromatic nitrogens is 1. The summed E-state index contributed by atoms with van der Waals surface area (Å²) in [5.41, 5.74) is 2.76. The molecule has 7 heteroatoms. The molecule has 0 aliphatic rings. The predicted molar refractivity (Wildman–Crippen MR) is 104 cm³/mol. The molecule has 1 heterocycles. The Morgan fingerprint density at radius 1 is 1.24 bits per heavy atom. The molecule has 0 saturated heterocycles. The Hall–Kier alpha value is -2.44. The lowest BCUT2D eigenvalue weighted by Gasteiger charge is -2.12. The Morgan fingerprint density at radius 3 is 2.72 bits per heavy atom. The van der Waals surface area contributed by atoms with E-state index in [4.69, 9.17) is 28.2 Å². The van der Waals surface area contributed by atoms with Gasteiger partial charge in [-0.15, -0.1) is 0 Å². The number of halogens is 1. The van der Waals surface area contributed by atoms with Crippen molar-refractivity contribution in [2.75, 3.05) is 5.32 Å². The molecular formula is C18H16ClN3O2S. The molecule has 0 fully saturated rings. The maximum Gasteiger partial charge on any atom is 0.228 e. The molecule has 0 aliphatic carbocycles.